The van der Waals surface area contributed by atoms with Crippen LogP contribution in [0.4, 0.5) is 5.95 Å². The predicted octanol–water partition coefficient (Wildman–Crippen LogP) is 1.22. The van der Waals surface area contributed by atoms with Gasteiger partial charge in [0.25, 0.3) is 5.95 Å². The molecular formula is C12H14N6O2. The molecule has 20 heavy (non-hydrogen) atoms. The van der Waals surface area contributed by atoms with Gasteiger partial charge in [0, 0.05) is 0 Å². The lowest BCUT2D eigenvalue weighted by atomic mass is 10.2. The normalized spacial score (nSPS) is 10.4. The van der Waals surface area contributed by atoms with Crippen molar-refractivity contribution in [2.45, 2.75) is 0 Å². The van der Waals surface area contributed by atoms with E-state index in [9.17, 15) is 0 Å². The molecule has 0 aliphatic heterocycles. The Hall–Kier alpha value is -2.90. The number of anilines is 1. The minimum absolute atomic E-state index is 0.291. The molecule has 0 saturated heterocycles. The van der Waals surface area contributed by atoms with Crippen LogP contribution >= 0.6 is 0 Å². The number of nitrogens with zero attached hydrogens (tertiary/aromatic N) is 4. The Balaban J connectivity index is 2.04. The van der Waals surface area contributed by atoms with Gasteiger partial charge in [-0.15, -0.1) is 5.10 Å². The van der Waals surface area contributed by atoms with Gasteiger partial charge in [0.05, 0.1) is 13.3 Å². The van der Waals surface area contributed by atoms with Crippen LogP contribution in [-0.4, -0.2) is 40.6 Å². The molecule has 0 fully saturated rings. The first-order valence-electron chi connectivity index (χ1n) is 5.77. The lowest BCUT2D eigenvalue weighted by molar-refractivity contribution is 0.326. The summed E-state index contributed by atoms with van der Waals surface area (Å²) < 4.78 is 10.7. The summed E-state index contributed by atoms with van der Waals surface area (Å²) in [6.07, 6.45) is 3.28. The Morgan fingerprint density at radius 2 is 2.35 bits per heavy atom. The highest BCUT2D eigenvalue weighted by Crippen LogP contribution is 2.27. The maximum atomic E-state index is 5.46. The second kappa shape index (κ2) is 6.88. The van der Waals surface area contributed by atoms with Crippen molar-refractivity contribution < 1.29 is 9.47 Å². The van der Waals surface area contributed by atoms with E-state index in [4.69, 9.17) is 9.47 Å². The van der Waals surface area contributed by atoms with E-state index in [-0.39, 0.29) is 0 Å². The molecule has 0 spiro atoms. The Bertz CT molecular complexity index is 582. The average Bonchev–Trinajstić information content (AvgIpc) is 2.99. The number of benzene rings is 1. The van der Waals surface area contributed by atoms with Crippen LogP contribution in [0.2, 0.25) is 0 Å². The van der Waals surface area contributed by atoms with Gasteiger partial charge in [-0.3, -0.25) is 0 Å². The van der Waals surface area contributed by atoms with Gasteiger partial charge >= 0.3 is 0 Å². The number of aromatic amines is 1. The van der Waals surface area contributed by atoms with Gasteiger partial charge in [0.15, 0.2) is 11.5 Å². The number of hydrogen-bond acceptors (Lipinski definition) is 7. The highest BCUT2D eigenvalue weighted by molar-refractivity contribution is 5.81. The third-order valence-corrected chi connectivity index (χ3v) is 2.27. The van der Waals surface area contributed by atoms with Crippen molar-refractivity contribution in [1.29, 1.82) is 0 Å². The first-order chi connectivity index (χ1) is 9.83. The Labute approximate surface area is 115 Å². The quantitative estimate of drug-likeness (QED) is 0.447. The van der Waals surface area contributed by atoms with E-state index < -0.39 is 0 Å². The maximum Gasteiger partial charge on any atom is 0.283 e. The van der Waals surface area contributed by atoms with Crippen LogP contribution in [0.3, 0.4) is 0 Å². The molecule has 0 atom stereocenters. The Morgan fingerprint density at radius 3 is 3.05 bits per heavy atom. The largest absolute Gasteiger partial charge is 0.493 e. The topological polar surface area (TPSA) is 97.3 Å². The number of hydrogen-bond donors (Lipinski definition) is 2. The molecule has 2 aromatic rings. The fourth-order valence-electron chi connectivity index (χ4n) is 1.41. The molecule has 0 radical (unpaired) electrons. The summed E-state index contributed by atoms with van der Waals surface area (Å²) >= 11 is 0. The lowest BCUT2D eigenvalue weighted by Crippen LogP contribution is -1.97. The van der Waals surface area contributed by atoms with Gasteiger partial charge < -0.3 is 9.47 Å². The third-order valence-electron chi connectivity index (χ3n) is 2.27. The van der Waals surface area contributed by atoms with E-state index in [1.807, 2.05) is 6.07 Å². The van der Waals surface area contributed by atoms with Crippen LogP contribution in [0, 0.1) is 0 Å². The summed E-state index contributed by atoms with van der Waals surface area (Å²) in [5.41, 5.74) is 3.46. The summed E-state index contributed by atoms with van der Waals surface area (Å²) in [6, 6.07) is 5.46. The minimum Gasteiger partial charge on any atom is -0.493 e. The van der Waals surface area contributed by atoms with E-state index in [1.54, 1.807) is 31.5 Å². The molecule has 8 heteroatoms. The molecule has 1 heterocycles. The second-order valence-corrected chi connectivity index (χ2v) is 3.62. The van der Waals surface area contributed by atoms with Crippen molar-refractivity contribution in [2.24, 2.45) is 5.10 Å². The fraction of sp³-hybridized carbons (Fsp3) is 0.167. The minimum atomic E-state index is 0.291. The summed E-state index contributed by atoms with van der Waals surface area (Å²) in [7, 11) is 1.58. The smallest absolute Gasteiger partial charge is 0.283 e. The van der Waals surface area contributed by atoms with Crippen LogP contribution in [0.25, 0.3) is 0 Å². The van der Waals surface area contributed by atoms with Gasteiger partial charge in [-0.1, -0.05) is 17.8 Å². The molecule has 1 aromatic carbocycles. The summed E-state index contributed by atoms with van der Waals surface area (Å²) in [5.74, 6) is 1.56. The molecule has 2 N–H and O–H groups in total. The van der Waals surface area contributed by atoms with Gasteiger partial charge in [-0.2, -0.15) is 10.3 Å². The van der Waals surface area contributed by atoms with Crippen molar-refractivity contribution in [3.63, 3.8) is 0 Å². The number of ether oxygens (including phenoxy) is 2. The molecule has 2 rings (SSSR count). The zero-order valence-electron chi connectivity index (χ0n) is 10.9. The van der Waals surface area contributed by atoms with Gasteiger partial charge in [-0.05, 0) is 29.0 Å². The second-order valence-electron chi connectivity index (χ2n) is 3.62. The van der Waals surface area contributed by atoms with Crippen LogP contribution in [0.1, 0.15) is 5.56 Å². The first-order valence-corrected chi connectivity index (χ1v) is 5.77. The van der Waals surface area contributed by atoms with Crippen LogP contribution in [-0.2, 0) is 0 Å². The summed E-state index contributed by atoms with van der Waals surface area (Å²) in [5, 5.41) is 17.1. The summed E-state index contributed by atoms with van der Waals surface area (Å²) in [6.45, 7) is 4.02. The molecule has 1 aromatic heterocycles. The zero-order valence-corrected chi connectivity index (χ0v) is 10.9. The van der Waals surface area contributed by atoms with Gasteiger partial charge in [0.2, 0.25) is 0 Å². The summed E-state index contributed by atoms with van der Waals surface area (Å²) in [4.78, 5) is 0. The number of hydrazone groups is 1. The molecule has 0 aliphatic rings. The lowest BCUT2D eigenvalue weighted by Gasteiger charge is -2.09. The van der Waals surface area contributed by atoms with E-state index in [1.165, 1.54) is 0 Å². The standard InChI is InChI=1S/C12H14N6O2/c1-3-6-20-10-5-4-9(7-11(10)19-2)8-13-14-12-15-17-18-16-12/h3-5,7-8H,1,6H2,2H3,(H2,14,15,16,17,18). The number of methoxy groups -OCH3 is 1. The predicted molar refractivity (Wildman–Crippen MR) is 74.1 cm³/mol. The molecule has 0 amide bonds. The van der Waals surface area contributed by atoms with E-state index >= 15 is 0 Å². The SMILES string of the molecule is C=CCOc1ccc(C=NNc2nn[nH]n2)cc1OC. The maximum absolute atomic E-state index is 5.46. The third kappa shape index (κ3) is 3.55. The fourth-order valence-corrected chi connectivity index (χ4v) is 1.41. The average molecular weight is 274 g/mol. The Kier molecular flexibility index (Phi) is 4.65. The van der Waals surface area contributed by atoms with Crippen molar-refractivity contribution in [1.82, 2.24) is 20.6 Å². The number of H-pyrrole nitrogens is 1. The van der Waals surface area contributed by atoms with Crippen LogP contribution in [0.5, 0.6) is 11.5 Å². The highest BCUT2D eigenvalue weighted by Gasteiger charge is 2.04. The van der Waals surface area contributed by atoms with E-state index in [0.29, 0.717) is 24.1 Å². The van der Waals surface area contributed by atoms with Crippen molar-refractivity contribution >= 4 is 12.2 Å². The number of rotatable bonds is 7. The molecule has 0 unspecified atom stereocenters. The van der Waals surface area contributed by atoms with Crippen molar-refractivity contribution in [3.05, 3.63) is 36.4 Å². The van der Waals surface area contributed by atoms with Gasteiger partial charge in [0.1, 0.15) is 6.61 Å². The molecule has 0 aliphatic carbocycles. The highest BCUT2D eigenvalue weighted by atomic mass is 16.5. The zero-order chi connectivity index (χ0) is 14.2. The monoisotopic (exact) mass is 274 g/mol. The first kappa shape index (κ1) is 13.5. The number of tetrazole rings is 1. The molecular weight excluding hydrogens is 260 g/mol. The van der Waals surface area contributed by atoms with Crippen molar-refractivity contribution in [2.75, 3.05) is 19.1 Å². The molecule has 0 saturated carbocycles. The Morgan fingerprint density at radius 1 is 1.45 bits per heavy atom. The van der Waals surface area contributed by atoms with Crippen LogP contribution < -0.4 is 14.9 Å². The van der Waals surface area contributed by atoms with Crippen LogP contribution in [0.15, 0.2) is 36.0 Å². The van der Waals surface area contributed by atoms with Gasteiger partial charge in [-0.25, -0.2) is 5.43 Å². The number of nitrogens with one attached hydrogen (secondary N) is 2. The van der Waals surface area contributed by atoms with Crippen molar-refractivity contribution in [3.8, 4) is 11.5 Å². The molecule has 8 nitrogen and oxygen atoms in total. The molecule has 104 valence electrons. The van der Waals surface area contributed by atoms with E-state index in [0.717, 1.165) is 5.56 Å². The van der Waals surface area contributed by atoms with E-state index in [2.05, 4.69) is 37.7 Å². The molecule has 0 bridgehead atoms. The number of aromatic nitrogens is 4.